The van der Waals surface area contributed by atoms with Gasteiger partial charge in [-0.15, -0.1) is 0 Å². The minimum atomic E-state index is -0.228. The summed E-state index contributed by atoms with van der Waals surface area (Å²) in [5.41, 5.74) is 1.09. The van der Waals surface area contributed by atoms with Crippen LogP contribution in [0.1, 0.15) is 80.9 Å². The molecule has 0 aliphatic heterocycles. The van der Waals surface area contributed by atoms with E-state index in [0.717, 1.165) is 63.6 Å². The monoisotopic (exact) mass is 547 g/mol. The third-order valence-corrected chi connectivity index (χ3v) is 5.59. The van der Waals surface area contributed by atoms with Crippen LogP contribution in [-0.2, 0) is 4.79 Å². The number of rotatable bonds is 22. The van der Waals surface area contributed by atoms with E-state index in [1.165, 1.54) is 6.20 Å². The highest BCUT2D eigenvalue weighted by molar-refractivity contribution is 5.91. The first kappa shape index (κ1) is 34.4. The quantitative estimate of drug-likeness (QED) is 0.121. The van der Waals surface area contributed by atoms with Crippen LogP contribution in [0.3, 0.4) is 0 Å². The summed E-state index contributed by atoms with van der Waals surface area (Å²) in [6.45, 7) is 6.55. The van der Waals surface area contributed by atoms with Crippen LogP contribution in [0, 0.1) is 6.92 Å². The molecule has 0 saturated heterocycles. The normalized spacial score (nSPS) is 12.2. The van der Waals surface area contributed by atoms with Gasteiger partial charge in [0.25, 0.3) is 5.91 Å². The number of allylic oxidation sites excluding steroid dienone is 12. The Morgan fingerprint density at radius 1 is 0.675 bits per heavy atom. The second kappa shape index (κ2) is 25.7. The highest BCUT2D eigenvalue weighted by Crippen LogP contribution is 1.98. The number of aryl methyl sites for hydroxylation is 1. The maximum absolute atomic E-state index is 11.9. The highest BCUT2D eigenvalue weighted by Gasteiger charge is 2.06. The highest BCUT2D eigenvalue weighted by atomic mass is 16.2. The molecule has 0 saturated carbocycles. The Morgan fingerprint density at radius 3 is 1.80 bits per heavy atom. The maximum atomic E-state index is 11.9. The Kier molecular flexibility index (Phi) is 22.1. The van der Waals surface area contributed by atoms with E-state index < -0.39 is 0 Å². The fourth-order valence-corrected chi connectivity index (χ4v) is 3.37. The average Bonchev–Trinajstić information content (AvgIpc) is 2.96. The van der Waals surface area contributed by atoms with E-state index in [2.05, 4.69) is 106 Å². The molecule has 1 aromatic rings. The number of hydrogen-bond donors (Lipinski definition) is 3. The van der Waals surface area contributed by atoms with Crippen molar-refractivity contribution in [2.75, 3.05) is 26.2 Å². The summed E-state index contributed by atoms with van der Waals surface area (Å²) in [4.78, 5) is 32.0. The fraction of sp³-hybridized carbons (Fsp3) is 0.455. The Morgan fingerprint density at radius 2 is 1.25 bits per heavy atom. The third-order valence-electron chi connectivity index (χ3n) is 5.59. The van der Waals surface area contributed by atoms with E-state index in [1.54, 1.807) is 6.20 Å². The van der Waals surface area contributed by atoms with Crippen LogP contribution in [0.15, 0.2) is 85.3 Å². The van der Waals surface area contributed by atoms with Crippen LogP contribution < -0.4 is 16.0 Å². The number of carbonyl (C=O) groups excluding carboxylic acids is 2. The van der Waals surface area contributed by atoms with E-state index in [1.807, 2.05) is 6.92 Å². The van der Waals surface area contributed by atoms with Gasteiger partial charge in [-0.2, -0.15) is 0 Å². The standard InChI is InChI=1S/C33H49N5O2/c1-3-4-5-6-7-8-9-10-11-12-13-14-15-16-17-18-19-20-21-23-32(39)35-25-22-24-34-26-27-36-33(40)31-29-37-30(2)28-38-31/h4-5,7-8,10-11,13-14,16-17,19-20,28-29,34H,3,6,9,12,15,18,21-27H2,1-2H3,(H,35,39)(H,36,40). The van der Waals surface area contributed by atoms with Gasteiger partial charge in [-0.25, -0.2) is 4.98 Å². The van der Waals surface area contributed by atoms with E-state index in [4.69, 9.17) is 0 Å². The van der Waals surface area contributed by atoms with Gasteiger partial charge in [-0.05, 0) is 64.8 Å². The van der Waals surface area contributed by atoms with Crippen molar-refractivity contribution in [1.82, 2.24) is 25.9 Å². The molecule has 0 bridgehead atoms. The molecule has 218 valence electrons. The molecule has 0 radical (unpaired) electrons. The zero-order chi connectivity index (χ0) is 28.9. The molecule has 0 aliphatic carbocycles. The Balaban J connectivity index is 1.91. The van der Waals surface area contributed by atoms with Crippen LogP contribution >= 0.6 is 0 Å². The lowest BCUT2D eigenvalue weighted by molar-refractivity contribution is -0.121. The van der Waals surface area contributed by atoms with Crippen molar-refractivity contribution in [2.45, 2.75) is 71.6 Å². The summed E-state index contributed by atoms with van der Waals surface area (Å²) in [5.74, 6) is -0.153. The lowest BCUT2D eigenvalue weighted by atomic mass is 10.2. The predicted octanol–water partition coefficient (Wildman–Crippen LogP) is 6.09. The van der Waals surface area contributed by atoms with Crippen molar-refractivity contribution in [3.8, 4) is 0 Å². The Bertz CT molecular complexity index is 975. The number of carbonyl (C=O) groups is 2. The molecule has 0 atom stereocenters. The molecule has 40 heavy (non-hydrogen) atoms. The lowest BCUT2D eigenvalue weighted by Gasteiger charge is -2.07. The van der Waals surface area contributed by atoms with Gasteiger partial charge in [0.15, 0.2) is 0 Å². The van der Waals surface area contributed by atoms with Crippen LogP contribution in [0.2, 0.25) is 0 Å². The van der Waals surface area contributed by atoms with Crippen LogP contribution in [0.25, 0.3) is 0 Å². The molecule has 2 amide bonds. The second-order valence-electron chi connectivity index (χ2n) is 9.21. The molecule has 0 aliphatic rings. The van der Waals surface area contributed by atoms with Crippen LogP contribution in [-0.4, -0.2) is 48.0 Å². The first-order valence-corrected chi connectivity index (χ1v) is 14.6. The van der Waals surface area contributed by atoms with Gasteiger partial charge in [0.05, 0.1) is 11.9 Å². The van der Waals surface area contributed by atoms with Gasteiger partial charge in [0.1, 0.15) is 5.69 Å². The first-order chi connectivity index (χ1) is 19.6. The first-order valence-electron chi connectivity index (χ1n) is 14.6. The zero-order valence-electron chi connectivity index (χ0n) is 24.5. The van der Waals surface area contributed by atoms with E-state index in [-0.39, 0.29) is 11.8 Å². The molecule has 0 unspecified atom stereocenters. The number of nitrogens with one attached hydrogen (secondary N) is 3. The maximum Gasteiger partial charge on any atom is 0.271 e. The largest absolute Gasteiger partial charge is 0.356 e. The number of amides is 2. The van der Waals surface area contributed by atoms with Crippen LogP contribution in [0.5, 0.6) is 0 Å². The molecular weight excluding hydrogens is 498 g/mol. The van der Waals surface area contributed by atoms with E-state index in [9.17, 15) is 9.59 Å². The minimum Gasteiger partial charge on any atom is -0.356 e. The molecule has 7 nitrogen and oxygen atoms in total. The number of nitrogens with zero attached hydrogens (tertiary/aromatic N) is 2. The summed E-state index contributed by atoms with van der Waals surface area (Å²) in [7, 11) is 0. The summed E-state index contributed by atoms with van der Waals surface area (Å²) in [5, 5.41) is 9.00. The van der Waals surface area contributed by atoms with Gasteiger partial charge < -0.3 is 16.0 Å². The minimum absolute atomic E-state index is 0.0750. The van der Waals surface area contributed by atoms with Crippen molar-refractivity contribution in [1.29, 1.82) is 0 Å². The van der Waals surface area contributed by atoms with Crippen molar-refractivity contribution < 1.29 is 9.59 Å². The number of hydrogen-bond acceptors (Lipinski definition) is 5. The topological polar surface area (TPSA) is 96.0 Å². The molecule has 1 aromatic heterocycles. The predicted molar refractivity (Wildman–Crippen MR) is 167 cm³/mol. The molecule has 7 heteroatoms. The molecule has 3 N–H and O–H groups in total. The fourth-order valence-electron chi connectivity index (χ4n) is 3.37. The van der Waals surface area contributed by atoms with Crippen molar-refractivity contribution in [2.24, 2.45) is 0 Å². The molecule has 1 rings (SSSR count). The van der Waals surface area contributed by atoms with Gasteiger partial charge in [-0.1, -0.05) is 79.8 Å². The third kappa shape index (κ3) is 21.4. The Labute approximate surface area is 241 Å². The van der Waals surface area contributed by atoms with Gasteiger partial charge >= 0.3 is 0 Å². The van der Waals surface area contributed by atoms with Crippen molar-refractivity contribution in [3.05, 3.63) is 96.7 Å². The van der Waals surface area contributed by atoms with E-state index in [0.29, 0.717) is 31.7 Å². The van der Waals surface area contributed by atoms with Gasteiger partial charge in [0.2, 0.25) is 5.91 Å². The van der Waals surface area contributed by atoms with Crippen molar-refractivity contribution in [3.63, 3.8) is 0 Å². The molecule has 0 spiro atoms. The molecule has 1 heterocycles. The molecule has 0 aromatic carbocycles. The van der Waals surface area contributed by atoms with E-state index >= 15 is 0 Å². The average molecular weight is 548 g/mol. The lowest BCUT2D eigenvalue weighted by Crippen LogP contribution is -2.33. The van der Waals surface area contributed by atoms with Gasteiger partial charge in [-0.3, -0.25) is 14.6 Å². The molecule has 0 fully saturated rings. The smallest absolute Gasteiger partial charge is 0.271 e. The molecular formula is C33H49N5O2. The zero-order valence-corrected chi connectivity index (χ0v) is 24.5. The SMILES string of the molecule is CCC=CCC=CCC=CCC=CCC=CCC=CCCC(=O)NCCCNCCNC(=O)c1cnc(C)cn1. The van der Waals surface area contributed by atoms with Crippen molar-refractivity contribution >= 4 is 11.8 Å². The summed E-state index contributed by atoms with van der Waals surface area (Å²) >= 11 is 0. The van der Waals surface area contributed by atoms with Gasteiger partial charge in [0, 0.05) is 32.3 Å². The number of aromatic nitrogens is 2. The summed E-state index contributed by atoms with van der Waals surface area (Å²) in [6.07, 6.45) is 37.2. The summed E-state index contributed by atoms with van der Waals surface area (Å²) in [6, 6.07) is 0. The second-order valence-corrected chi connectivity index (χ2v) is 9.21. The Hall–Kier alpha value is -3.58. The van der Waals surface area contributed by atoms with Crippen LogP contribution in [0.4, 0.5) is 0 Å². The summed E-state index contributed by atoms with van der Waals surface area (Å²) < 4.78 is 0.